The van der Waals surface area contributed by atoms with Crippen LogP contribution in [0.15, 0.2) is 48.5 Å². The summed E-state index contributed by atoms with van der Waals surface area (Å²) in [6.45, 7) is 0.713. The van der Waals surface area contributed by atoms with Crippen LogP contribution in [0.5, 0.6) is 11.5 Å². The highest BCUT2D eigenvalue weighted by atomic mass is 35.5. The lowest BCUT2D eigenvalue weighted by Gasteiger charge is -2.18. The number of likely N-dealkylation sites (N-methyl/N-ethyl adjacent to an activating group) is 1. The summed E-state index contributed by atoms with van der Waals surface area (Å²) in [6, 6.07) is 13.7. The zero-order chi connectivity index (χ0) is 19.8. The largest absolute Gasteiger partial charge is 0.492 e. The summed E-state index contributed by atoms with van der Waals surface area (Å²) in [6.07, 6.45) is 0. The van der Waals surface area contributed by atoms with Crippen molar-refractivity contribution in [2.45, 2.75) is 0 Å². The van der Waals surface area contributed by atoms with Gasteiger partial charge in [-0.1, -0.05) is 11.6 Å². The van der Waals surface area contributed by atoms with Crippen LogP contribution in [0, 0.1) is 0 Å². The van der Waals surface area contributed by atoms with Gasteiger partial charge in [0.15, 0.2) is 6.61 Å². The molecule has 0 aliphatic carbocycles. The number of carbonyl (C=O) groups is 2. The number of nitrogens with zero attached hydrogens (tertiary/aromatic N) is 2. The molecule has 27 heavy (non-hydrogen) atoms. The molecule has 2 aromatic rings. The van der Waals surface area contributed by atoms with Crippen LogP contribution in [0.4, 0.5) is 0 Å². The van der Waals surface area contributed by atoms with E-state index in [1.165, 1.54) is 4.90 Å². The molecule has 2 rings (SSSR count). The standard InChI is InChI=1S/C20H23ClN2O4/c1-22(2)20(25)15-4-8-18(9-5-15)27-14-19(24)23(3)12-13-26-17-10-6-16(21)7-11-17/h4-11H,12-14H2,1-3H3. The third-order valence-electron chi connectivity index (χ3n) is 3.80. The van der Waals surface area contributed by atoms with Crippen molar-refractivity contribution < 1.29 is 19.1 Å². The monoisotopic (exact) mass is 390 g/mol. The van der Waals surface area contributed by atoms with Crippen LogP contribution < -0.4 is 9.47 Å². The summed E-state index contributed by atoms with van der Waals surface area (Å²) >= 11 is 5.82. The highest BCUT2D eigenvalue weighted by molar-refractivity contribution is 6.30. The molecule has 0 heterocycles. The quantitative estimate of drug-likeness (QED) is 0.695. The lowest BCUT2D eigenvalue weighted by atomic mass is 10.2. The molecule has 2 amide bonds. The molecular weight excluding hydrogens is 368 g/mol. The van der Waals surface area contributed by atoms with Crippen molar-refractivity contribution in [2.24, 2.45) is 0 Å². The molecule has 7 heteroatoms. The lowest BCUT2D eigenvalue weighted by molar-refractivity contribution is -0.132. The smallest absolute Gasteiger partial charge is 0.260 e. The van der Waals surface area contributed by atoms with Crippen molar-refractivity contribution in [1.29, 1.82) is 0 Å². The molecule has 0 saturated carbocycles. The first-order chi connectivity index (χ1) is 12.9. The SMILES string of the molecule is CN(C)C(=O)c1ccc(OCC(=O)N(C)CCOc2ccc(Cl)cc2)cc1. The first kappa shape index (κ1) is 20.6. The topological polar surface area (TPSA) is 59.1 Å². The molecule has 144 valence electrons. The van der Waals surface area contributed by atoms with E-state index in [1.807, 2.05) is 0 Å². The molecule has 0 fully saturated rings. The first-order valence-electron chi connectivity index (χ1n) is 8.43. The van der Waals surface area contributed by atoms with Gasteiger partial charge in [-0.2, -0.15) is 0 Å². The minimum atomic E-state index is -0.164. The molecule has 6 nitrogen and oxygen atoms in total. The lowest BCUT2D eigenvalue weighted by Crippen LogP contribution is -2.34. The van der Waals surface area contributed by atoms with Gasteiger partial charge in [-0.15, -0.1) is 0 Å². The first-order valence-corrected chi connectivity index (χ1v) is 8.81. The van der Waals surface area contributed by atoms with E-state index < -0.39 is 0 Å². The number of ether oxygens (including phenoxy) is 2. The van der Waals surface area contributed by atoms with Crippen molar-refractivity contribution in [3.63, 3.8) is 0 Å². The molecule has 0 aromatic heterocycles. The van der Waals surface area contributed by atoms with Crippen molar-refractivity contribution in [1.82, 2.24) is 9.80 Å². The number of benzene rings is 2. The van der Waals surface area contributed by atoms with Gasteiger partial charge >= 0.3 is 0 Å². The van der Waals surface area contributed by atoms with Crippen molar-refractivity contribution >= 4 is 23.4 Å². The summed E-state index contributed by atoms with van der Waals surface area (Å²) in [5, 5.41) is 0.644. The molecule has 0 N–H and O–H groups in total. The zero-order valence-corrected chi connectivity index (χ0v) is 16.4. The number of amides is 2. The normalized spacial score (nSPS) is 10.2. The van der Waals surface area contributed by atoms with Crippen molar-refractivity contribution in [3.8, 4) is 11.5 Å². The number of hydrogen-bond acceptors (Lipinski definition) is 4. The molecule has 0 unspecified atom stereocenters. The van der Waals surface area contributed by atoms with Gasteiger partial charge in [0.05, 0.1) is 6.54 Å². The summed E-state index contributed by atoms with van der Waals surface area (Å²) < 4.78 is 11.1. The van der Waals surface area contributed by atoms with E-state index in [-0.39, 0.29) is 18.4 Å². The van der Waals surface area contributed by atoms with E-state index in [0.717, 1.165) is 0 Å². The summed E-state index contributed by atoms with van der Waals surface area (Å²) in [4.78, 5) is 27.0. The maximum absolute atomic E-state index is 12.1. The Morgan fingerprint density at radius 3 is 2.04 bits per heavy atom. The van der Waals surface area contributed by atoms with Crippen LogP contribution >= 0.6 is 11.6 Å². The van der Waals surface area contributed by atoms with Crippen molar-refractivity contribution in [3.05, 3.63) is 59.1 Å². The Labute approximate surface area is 164 Å². The van der Waals surface area contributed by atoms with Crippen LogP contribution in [0.3, 0.4) is 0 Å². The van der Waals surface area contributed by atoms with E-state index in [1.54, 1.807) is 74.6 Å². The number of rotatable bonds is 8. The molecule has 0 aliphatic rings. The third-order valence-corrected chi connectivity index (χ3v) is 4.06. The second kappa shape index (κ2) is 9.83. The molecule has 0 radical (unpaired) electrons. The van der Waals surface area contributed by atoms with Crippen LogP contribution in [0.1, 0.15) is 10.4 Å². The second-order valence-corrected chi connectivity index (χ2v) is 6.57. The van der Waals surface area contributed by atoms with Gasteiger partial charge in [-0.3, -0.25) is 9.59 Å². The Balaban J connectivity index is 1.74. The fourth-order valence-electron chi connectivity index (χ4n) is 2.16. The van der Waals surface area contributed by atoms with Crippen molar-refractivity contribution in [2.75, 3.05) is 40.9 Å². The molecule has 0 saturated heterocycles. The predicted octanol–water partition coefficient (Wildman–Crippen LogP) is 2.96. The van der Waals surface area contributed by atoms with E-state index >= 15 is 0 Å². The Bertz CT molecular complexity index is 761. The Morgan fingerprint density at radius 1 is 0.889 bits per heavy atom. The highest BCUT2D eigenvalue weighted by Crippen LogP contribution is 2.15. The summed E-state index contributed by atoms with van der Waals surface area (Å²) in [5.41, 5.74) is 0.565. The molecule has 2 aromatic carbocycles. The minimum absolute atomic E-state index is 0.0849. The van der Waals surface area contributed by atoms with E-state index in [0.29, 0.717) is 35.2 Å². The van der Waals surface area contributed by atoms with Crippen LogP contribution in [0.2, 0.25) is 5.02 Å². The van der Waals surface area contributed by atoms with E-state index in [9.17, 15) is 9.59 Å². The van der Waals surface area contributed by atoms with Gasteiger partial charge < -0.3 is 19.3 Å². The van der Waals surface area contributed by atoms with Gasteiger partial charge in [0, 0.05) is 31.7 Å². The number of carbonyl (C=O) groups excluding carboxylic acids is 2. The van der Waals surface area contributed by atoms with Crippen LogP contribution in [-0.2, 0) is 4.79 Å². The predicted molar refractivity (Wildman–Crippen MR) is 105 cm³/mol. The van der Waals surface area contributed by atoms with Crippen LogP contribution in [0.25, 0.3) is 0 Å². The van der Waals surface area contributed by atoms with Gasteiger partial charge in [-0.05, 0) is 48.5 Å². The zero-order valence-electron chi connectivity index (χ0n) is 15.6. The number of hydrogen-bond donors (Lipinski definition) is 0. The fraction of sp³-hybridized carbons (Fsp3) is 0.300. The highest BCUT2D eigenvalue weighted by Gasteiger charge is 2.11. The second-order valence-electron chi connectivity index (χ2n) is 6.13. The summed E-state index contributed by atoms with van der Waals surface area (Å²) in [5.74, 6) is 0.981. The van der Waals surface area contributed by atoms with Gasteiger partial charge in [0.1, 0.15) is 18.1 Å². The average Bonchev–Trinajstić information content (AvgIpc) is 2.67. The third kappa shape index (κ3) is 6.49. The molecule has 0 atom stereocenters. The van der Waals surface area contributed by atoms with Gasteiger partial charge in [-0.25, -0.2) is 0 Å². The van der Waals surface area contributed by atoms with E-state index in [4.69, 9.17) is 21.1 Å². The van der Waals surface area contributed by atoms with Crippen LogP contribution in [-0.4, -0.2) is 62.5 Å². The fourth-order valence-corrected chi connectivity index (χ4v) is 2.29. The summed E-state index contributed by atoms with van der Waals surface area (Å²) in [7, 11) is 5.07. The Kier molecular flexibility index (Phi) is 7.49. The maximum Gasteiger partial charge on any atom is 0.260 e. The average molecular weight is 391 g/mol. The Hall–Kier alpha value is -2.73. The maximum atomic E-state index is 12.1. The van der Waals surface area contributed by atoms with E-state index in [2.05, 4.69) is 0 Å². The van der Waals surface area contributed by atoms with Gasteiger partial charge in [0.25, 0.3) is 11.8 Å². The molecule has 0 spiro atoms. The number of halogens is 1. The Morgan fingerprint density at radius 2 is 1.44 bits per heavy atom. The molecule has 0 aliphatic heterocycles. The van der Waals surface area contributed by atoms with Gasteiger partial charge in [0.2, 0.25) is 0 Å². The molecular formula is C20H23ClN2O4. The molecule has 0 bridgehead atoms. The minimum Gasteiger partial charge on any atom is -0.492 e.